The van der Waals surface area contributed by atoms with Crippen LogP contribution in [0.5, 0.6) is 23.0 Å². The zero-order valence-electron chi connectivity index (χ0n) is 16.4. The van der Waals surface area contributed by atoms with Crippen LogP contribution < -0.4 is 18.9 Å². The van der Waals surface area contributed by atoms with Crippen LogP contribution in [0.25, 0.3) is 11.1 Å². The van der Waals surface area contributed by atoms with Crippen molar-refractivity contribution in [2.75, 3.05) is 28.4 Å². The van der Waals surface area contributed by atoms with Gasteiger partial charge in [-0.15, -0.1) is 0 Å². The minimum atomic E-state index is -0.894. The Morgan fingerprint density at radius 2 is 1.36 bits per heavy atom. The lowest BCUT2D eigenvalue weighted by Crippen LogP contribution is -2.06. The van der Waals surface area contributed by atoms with E-state index in [0.717, 1.165) is 22.4 Å². The Labute approximate surface area is 165 Å². The van der Waals surface area contributed by atoms with E-state index in [4.69, 9.17) is 18.9 Å². The molecule has 146 valence electrons. The fourth-order valence-electron chi connectivity index (χ4n) is 3.26. The number of aliphatic hydroxyl groups excluding tert-OH is 1. The largest absolute Gasteiger partial charge is 0.497 e. The molecule has 0 saturated carbocycles. The molecular weight excluding hydrogens is 356 g/mol. The summed E-state index contributed by atoms with van der Waals surface area (Å²) in [5.41, 5.74) is 3.05. The normalized spacial score (nSPS) is 11.6. The molecule has 0 heterocycles. The van der Waals surface area contributed by atoms with E-state index in [1.807, 2.05) is 54.6 Å². The molecule has 0 aliphatic carbocycles. The van der Waals surface area contributed by atoms with Crippen molar-refractivity contribution in [2.24, 2.45) is 0 Å². The van der Waals surface area contributed by atoms with Crippen LogP contribution in [-0.4, -0.2) is 33.5 Å². The van der Waals surface area contributed by atoms with E-state index >= 15 is 0 Å². The molecule has 0 radical (unpaired) electrons. The molecule has 1 unspecified atom stereocenters. The highest BCUT2D eigenvalue weighted by Gasteiger charge is 2.26. The van der Waals surface area contributed by atoms with E-state index in [9.17, 15) is 5.11 Å². The van der Waals surface area contributed by atoms with Gasteiger partial charge in [-0.3, -0.25) is 0 Å². The summed E-state index contributed by atoms with van der Waals surface area (Å²) in [6.07, 6.45) is -0.894. The maximum Gasteiger partial charge on any atom is 0.203 e. The predicted octanol–water partition coefficient (Wildman–Crippen LogP) is 4.47. The number of hydrogen-bond acceptors (Lipinski definition) is 5. The monoisotopic (exact) mass is 380 g/mol. The summed E-state index contributed by atoms with van der Waals surface area (Å²) < 4.78 is 21.9. The Hall–Kier alpha value is -3.18. The molecule has 5 heteroatoms. The zero-order chi connectivity index (χ0) is 20.1. The van der Waals surface area contributed by atoms with Gasteiger partial charge in [-0.05, 0) is 29.3 Å². The third kappa shape index (κ3) is 3.62. The molecule has 3 aromatic carbocycles. The Morgan fingerprint density at radius 1 is 0.714 bits per heavy atom. The number of ether oxygens (including phenoxy) is 4. The molecule has 1 N–H and O–H groups in total. The highest BCUT2D eigenvalue weighted by molar-refractivity contribution is 5.80. The average Bonchev–Trinajstić information content (AvgIpc) is 2.77. The molecule has 0 bridgehead atoms. The quantitative estimate of drug-likeness (QED) is 0.655. The van der Waals surface area contributed by atoms with Gasteiger partial charge in [0, 0.05) is 11.1 Å². The van der Waals surface area contributed by atoms with Crippen LogP contribution in [-0.2, 0) is 0 Å². The molecule has 0 spiro atoms. The Morgan fingerprint density at radius 3 is 1.89 bits per heavy atom. The highest BCUT2D eigenvalue weighted by atomic mass is 16.5. The summed E-state index contributed by atoms with van der Waals surface area (Å²) in [6, 6.07) is 18.8. The second-order valence-electron chi connectivity index (χ2n) is 6.15. The summed E-state index contributed by atoms with van der Waals surface area (Å²) in [4.78, 5) is 0. The molecule has 0 aliphatic heterocycles. The summed E-state index contributed by atoms with van der Waals surface area (Å²) in [7, 11) is 6.31. The molecule has 3 aromatic rings. The highest BCUT2D eigenvalue weighted by Crippen LogP contribution is 2.49. The minimum Gasteiger partial charge on any atom is -0.497 e. The van der Waals surface area contributed by atoms with Gasteiger partial charge in [-0.2, -0.15) is 0 Å². The predicted molar refractivity (Wildman–Crippen MR) is 109 cm³/mol. The van der Waals surface area contributed by atoms with Crippen molar-refractivity contribution in [3.05, 3.63) is 71.8 Å². The molecule has 0 aliphatic rings. The first kappa shape index (κ1) is 19.6. The number of rotatable bonds is 7. The molecule has 0 amide bonds. The number of methoxy groups -OCH3 is 4. The van der Waals surface area contributed by atoms with E-state index in [1.165, 1.54) is 0 Å². The van der Waals surface area contributed by atoms with Gasteiger partial charge in [-0.25, -0.2) is 0 Å². The van der Waals surface area contributed by atoms with Gasteiger partial charge >= 0.3 is 0 Å². The van der Waals surface area contributed by atoms with E-state index in [1.54, 1.807) is 34.5 Å². The lowest BCUT2D eigenvalue weighted by atomic mass is 9.91. The van der Waals surface area contributed by atoms with Crippen LogP contribution >= 0.6 is 0 Å². The summed E-state index contributed by atoms with van der Waals surface area (Å²) in [5.74, 6) is 2.20. The molecule has 0 aromatic heterocycles. The topological polar surface area (TPSA) is 57.2 Å². The zero-order valence-corrected chi connectivity index (χ0v) is 16.4. The molecule has 0 fully saturated rings. The van der Waals surface area contributed by atoms with Crippen molar-refractivity contribution in [3.8, 4) is 34.1 Å². The second kappa shape index (κ2) is 8.67. The lowest BCUT2D eigenvalue weighted by molar-refractivity contribution is 0.219. The standard InChI is InChI=1S/C23H24O5/c1-25-17-12-10-16(11-13-17)21(24)18-14-19(26-2)22(27-3)23(28-4)20(18)15-8-6-5-7-9-15/h5-14,21,24H,1-4H3. The average molecular weight is 380 g/mol. The third-order valence-corrected chi connectivity index (χ3v) is 4.65. The summed E-state index contributed by atoms with van der Waals surface area (Å²) >= 11 is 0. The van der Waals surface area contributed by atoms with E-state index in [0.29, 0.717) is 22.8 Å². The van der Waals surface area contributed by atoms with Crippen molar-refractivity contribution in [2.45, 2.75) is 6.10 Å². The van der Waals surface area contributed by atoms with Crippen LogP contribution in [0.4, 0.5) is 0 Å². The Bertz CT molecular complexity index is 920. The fourth-order valence-corrected chi connectivity index (χ4v) is 3.26. The van der Waals surface area contributed by atoms with Crippen molar-refractivity contribution < 1.29 is 24.1 Å². The number of hydrogen-bond donors (Lipinski definition) is 1. The maximum atomic E-state index is 11.2. The first-order valence-electron chi connectivity index (χ1n) is 8.84. The van der Waals surface area contributed by atoms with Crippen LogP contribution in [0.15, 0.2) is 60.7 Å². The maximum absolute atomic E-state index is 11.2. The molecule has 1 atom stereocenters. The van der Waals surface area contributed by atoms with Crippen LogP contribution in [0, 0.1) is 0 Å². The molecule has 0 saturated heterocycles. The van der Waals surface area contributed by atoms with Crippen molar-refractivity contribution in [3.63, 3.8) is 0 Å². The summed E-state index contributed by atoms with van der Waals surface area (Å²) in [6.45, 7) is 0. The third-order valence-electron chi connectivity index (χ3n) is 4.65. The second-order valence-corrected chi connectivity index (χ2v) is 6.15. The van der Waals surface area contributed by atoms with Gasteiger partial charge in [0.25, 0.3) is 0 Å². The number of aliphatic hydroxyl groups is 1. The molecule has 28 heavy (non-hydrogen) atoms. The van der Waals surface area contributed by atoms with E-state index in [-0.39, 0.29) is 0 Å². The van der Waals surface area contributed by atoms with Gasteiger partial charge in [0.1, 0.15) is 11.9 Å². The van der Waals surface area contributed by atoms with Gasteiger partial charge < -0.3 is 24.1 Å². The van der Waals surface area contributed by atoms with E-state index < -0.39 is 6.10 Å². The van der Waals surface area contributed by atoms with Gasteiger partial charge in [0.05, 0.1) is 28.4 Å². The van der Waals surface area contributed by atoms with Gasteiger partial charge in [-0.1, -0.05) is 42.5 Å². The lowest BCUT2D eigenvalue weighted by Gasteiger charge is -2.23. The summed E-state index contributed by atoms with van der Waals surface area (Å²) in [5, 5.41) is 11.2. The Balaban J connectivity index is 2.25. The van der Waals surface area contributed by atoms with Crippen molar-refractivity contribution in [1.82, 2.24) is 0 Å². The van der Waals surface area contributed by atoms with Crippen LogP contribution in [0.2, 0.25) is 0 Å². The van der Waals surface area contributed by atoms with Crippen molar-refractivity contribution in [1.29, 1.82) is 0 Å². The first-order valence-corrected chi connectivity index (χ1v) is 8.84. The van der Waals surface area contributed by atoms with Crippen LogP contribution in [0.1, 0.15) is 17.2 Å². The van der Waals surface area contributed by atoms with Gasteiger partial charge in [0.15, 0.2) is 11.5 Å². The van der Waals surface area contributed by atoms with E-state index in [2.05, 4.69) is 0 Å². The minimum absolute atomic E-state index is 0.481. The first-order chi connectivity index (χ1) is 13.6. The SMILES string of the molecule is COc1ccc(C(O)c2cc(OC)c(OC)c(OC)c2-c2ccccc2)cc1. The van der Waals surface area contributed by atoms with Crippen molar-refractivity contribution >= 4 is 0 Å². The molecule has 5 nitrogen and oxygen atoms in total. The van der Waals surface area contributed by atoms with Crippen LogP contribution in [0.3, 0.4) is 0 Å². The molecule has 3 rings (SSSR count). The smallest absolute Gasteiger partial charge is 0.203 e. The molecular formula is C23H24O5. The fraction of sp³-hybridized carbons (Fsp3) is 0.217. The Kier molecular flexibility index (Phi) is 6.06. The number of benzene rings is 3. The van der Waals surface area contributed by atoms with Gasteiger partial charge in [0.2, 0.25) is 5.75 Å².